The Kier molecular flexibility index (Phi) is 3.89. The Bertz CT molecular complexity index is 909. The van der Waals surface area contributed by atoms with E-state index in [9.17, 15) is 14.3 Å². The van der Waals surface area contributed by atoms with Crippen LogP contribution in [-0.2, 0) is 0 Å². The van der Waals surface area contributed by atoms with Crippen molar-refractivity contribution in [2.24, 2.45) is 0 Å². The number of hydrogen-bond acceptors (Lipinski definition) is 3. The number of ether oxygens (including phenoxy) is 1. The minimum absolute atomic E-state index is 0.195. The molecule has 1 aliphatic heterocycles. The first-order valence-corrected chi connectivity index (χ1v) is 8.07. The van der Waals surface area contributed by atoms with Gasteiger partial charge in [0.25, 0.3) is 5.91 Å². The zero-order valence-corrected chi connectivity index (χ0v) is 13.4. The predicted molar refractivity (Wildman–Crippen MR) is 91.0 cm³/mol. The second-order valence-corrected chi connectivity index (χ2v) is 6.16. The number of halogens is 1. The van der Waals surface area contributed by atoms with E-state index in [1.807, 2.05) is 30.3 Å². The Hall–Kier alpha value is -2.86. The van der Waals surface area contributed by atoms with Crippen LogP contribution in [0.25, 0.3) is 10.9 Å². The number of rotatable bonds is 3. The number of fused-ring (bicyclic) bond motifs is 1. The van der Waals surface area contributed by atoms with Crippen LogP contribution in [0.15, 0.2) is 54.6 Å². The van der Waals surface area contributed by atoms with Gasteiger partial charge in [-0.25, -0.2) is 4.39 Å². The Labute approximate surface area is 143 Å². The number of carbonyl (C=O) groups is 1. The van der Waals surface area contributed by atoms with Crippen LogP contribution in [0.1, 0.15) is 10.5 Å². The van der Waals surface area contributed by atoms with Gasteiger partial charge in [0.05, 0.1) is 13.1 Å². The number of hydrogen-bond donors (Lipinski definition) is 2. The van der Waals surface area contributed by atoms with Crippen LogP contribution < -0.4 is 4.74 Å². The fourth-order valence-electron chi connectivity index (χ4n) is 3.10. The minimum atomic E-state index is -0.758. The van der Waals surface area contributed by atoms with Gasteiger partial charge in [-0.3, -0.25) is 4.79 Å². The number of carbonyl (C=O) groups excluding carboxylic acids is 1. The molecule has 1 aliphatic rings. The summed E-state index contributed by atoms with van der Waals surface area (Å²) in [6, 6.07) is 15.2. The van der Waals surface area contributed by atoms with Gasteiger partial charge in [0.15, 0.2) is 0 Å². The number of benzene rings is 2. The summed E-state index contributed by atoms with van der Waals surface area (Å²) >= 11 is 0. The maximum Gasteiger partial charge on any atom is 0.270 e. The molecule has 2 atom stereocenters. The molecule has 1 fully saturated rings. The fourth-order valence-corrected chi connectivity index (χ4v) is 3.10. The lowest BCUT2D eigenvalue weighted by molar-refractivity contribution is 0.0728. The normalized spacial score (nSPS) is 20.2. The number of amides is 1. The minimum Gasteiger partial charge on any atom is -0.486 e. The predicted octanol–water partition coefficient (Wildman–Crippen LogP) is 2.57. The van der Waals surface area contributed by atoms with E-state index in [-0.39, 0.29) is 18.3 Å². The maximum absolute atomic E-state index is 13.3. The molecule has 3 aromatic rings. The third kappa shape index (κ3) is 3.08. The summed E-state index contributed by atoms with van der Waals surface area (Å²) < 4.78 is 19.1. The van der Waals surface area contributed by atoms with Gasteiger partial charge in [-0.05, 0) is 36.4 Å². The highest BCUT2D eigenvalue weighted by Gasteiger charge is 2.36. The van der Waals surface area contributed by atoms with Gasteiger partial charge in [-0.15, -0.1) is 0 Å². The third-order valence-corrected chi connectivity index (χ3v) is 4.37. The molecule has 25 heavy (non-hydrogen) atoms. The molecule has 128 valence electrons. The number of β-amino-alcohol motifs (C(OH)–C–C–N with tert-alkyl or cyclic N) is 1. The number of H-pyrrole nitrogens is 1. The standard InChI is InChI=1S/C19H17FN2O3/c20-13-7-6-12-8-16(21-15(12)9-13)19(24)22-10-17(23)18(11-22)25-14-4-2-1-3-5-14/h1-9,17-18,21,23H,10-11H2/t17-,18-/m1/s1. The lowest BCUT2D eigenvalue weighted by Gasteiger charge is -2.16. The van der Waals surface area contributed by atoms with Gasteiger partial charge in [-0.2, -0.15) is 0 Å². The Morgan fingerprint density at radius 3 is 2.76 bits per heavy atom. The van der Waals surface area contributed by atoms with Crippen LogP contribution in [0.3, 0.4) is 0 Å². The fraction of sp³-hybridized carbons (Fsp3) is 0.211. The van der Waals surface area contributed by atoms with Crippen molar-refractivity contribution in [3.05, 3.63) is 66.1 Å². The number of para-hydroxylation sites is 1. The van der Waals surface area contributed by atoms with E-state index in [2.05, 4.69) is 4.98 Å². The van der Waals surface area contributed by atoms with Crippen LogP contribution in [-0.4, -0.2) is 46.2 Å². The summed E-state index contributed by atoms with van der Waals surface area (Å²) in [5, 5.41) is 11.0. The van der Waals surface area contributed by atoms with Crippen molar-refractivity contribution < 1.29 is 19.0 Å². The van der Waals surface area contributed by atoms with Gasteiger partial charge < -0.3 is 19.7 Å². The van der Waals surface area contributed by atoms with Gasteiger partial charge in [0.1, 0.15) is 29.5 Å². The Balaban J connectivity index is 1.50. The van der Waals surface area contributed by atoms with Crippen LogP contribution >= 0.6 is 0 Å². The Morgan fingerprint density at radius 2 is 1.96 bits per heavy atom. The molecule has 0 radical (unpaired) electrons. The molecule has 0 unspecified atom stereocenters. The van der Waals surface area contributed by atoms with Crippen LogP contribution in [0.4, 0.5) is 4.39 Å². The highest BCUT2D eigenvalue weighted by molar-refractivity contribution is 5.98. The van der Waals surface area contributed by atoms with Crippen molar-refractivity contribution in [3.8, 4) is 5.75 Å². The molecular formula is C19H17FN2O3. The first kappa shape index (κ1) is 15.7. The van der Waals surface area contributed by atoms with E-state index in [0.717, 1.165) is 5.39 Å². The average Bonchev–Trinajstić information content (AvgIpc) is 3.19. The monoisotopic (exact) mass is 340 g/mol. The van der Waals surface area contributed by atoms with E-state index in [0.29, 0.717) is 23.5 Å². The van der Waals surface area contributed by atoms with Gasteiger partial charge in [-0.1, -0.05) is 18.2 Å². The number of likely N-dealkylation sites (tertiary alicyclic amines) is 1. The number of aliphatic hydroxyl groups is 1. The molecule has 6 heteroatoms. The summed E-state index contributed by atoms with van der Waals surface area (Å²) in [5.74, 6) is 0.0537. The smallest absolute Gasteiger partial charge is 0.270 e. The molecule has 0 spiro atoms. The molecule has 1 aromatic heterocycles. The van der Waals surface area contributed by atoms with Gasteiger partial charge in [0.2, 0.25) is 0 Å². The molecular weight excluding hydrogens is 323 g/mol. The molecule has 0 bridgehead atoms. The molecule has 2 aromatic carbocycles. The summed E-state index contributed by atoms with van der Waals surface area (Å²) in [6.07, 6.45) is -1.24. The average molecular weight is 340 g/mol. The van der Waals surface area contributed by atoms with Crippen molar-refractivity contribution >= 4 is 16.8 Å². The summed E-state index contributed by atoms with van der Waals surface area (Å²) in [4.78, 5) is 17.2. The Morgan fingerprint density at radius 1 is 1.16 bits per heavy atom. The maximum atomic E-state index is 13.3. The molecule has 5 nitrogen and oxygen atoms in total. The zero-order valence-electron chi connectivity index (χ0n) is 13.4. The lowest BCUT2D eigenvalue weighted by Crippen LogP contribution is -2.31. The van der Waals surface area contributed by atoms with E-state index in [1.54, 1.807) is 17.0 Å². The number of nitrogens with one attached hydrogen (secondary N) is 1. The second-order valence-electron chi connectivity index (χ2n) is 6.16. The first-order valence-electron chi connectivity index (χ1n) is 8.07. The van der Waals surface area contributed by atoms with Crippen LogP contribution in [0.5, 0.6) is 5.75 Å². The SMILES string of the molecule is O=C(c1cc2ccc(F)cc2[nH]1)N1C[C@@H](O)[C@H](Oc2ccccc2)C1. The van der Waals surface area contributed by atoms with Crippen molar-refractivity contribution in [2.75, 3.05) is 13.1 Å². The summed E-state index contributed by atoms with van der Waals surface area (Å²) in [7, 11) is 0. The van der Waals surface area contributed by atoms with E-state index in [4.69, 9.17) is 4.74 Å². The van der Waals surface area contributed by atoms with E-state index >= 15 is 0 Å². The molecule has 0 aliphatic carbocycles. The highest BCUT2D eigenvalue weighted by atomic mass is 19.1. The second kappa shape index (κ2) is 6.22. The third-order valence-electron chi connectivity index (χ3n) is 4.37. The van der Waals surface area contributed by atoms with E-state index < -0.39 is 12.2 Å². The van der Waals surface area contributed by atoms with Crippen molar-refractivity contribution in [1.29, 1.82) is 0 Å². The number of nitrogens with zero attached hydrogens (tertiary/aromatic N) is 1. The zero-order chi connectivity index (χ0) is 17.4. The van der Waals surface area contributed by atoms with E-state index in [1.165, 1.54) is 12.1 Å². The highest BCUT2D eigenvalue weighted by Crippen LogP contribution is 2.22. The molecule has 4 rings (SSSR count). The summed E-state index contributed by atoms with van der Waals surface area (Å²) in [6.45, 7) is 0.485. The molecule has 2 N–H and O–H groups in total. The largest absolute Gasteiger partial charge is 0.486 e. The number of aromatic amines is 1. The van der Waals surface area contributed by atoms with Gasteiger partial charge >= 0.3 is 0 Å². The van der Waals surface area contributed by atoms with Crippen LogP contribution in [0.2, 0.25) is 0 Å². The van der Waals surface area contributed by atoms with Crippen molar-refractivity contribution in [3.63, 3.8) is 0 Å². The summed E-state index contributed by atoms with van der Waals surface area (Å²) in [5.41, 5.74) is 0.938. The number of aromatic nitrogens is 1. The lowest BCUT2D eigenvalue weighted by atomic mass is 10.2. The van der Waals surface area contributed by atoms with Crippen LogP contribution in [0, 0.1) is 5.82 Å². The molecule has 1 saturated heterocycles. The molecule has 1 amide bonds. The van der Waals surface area contributed by atoms with Crippen molar-refractivity contribution in [1.82, 2.24) is 9.88 Å². The topological polar surface area (TPSA) is 65.6 Å². The molecule has 2 heterocycles. The first-order chi connectivity index (χ1) is 12.1. The van der Waals surface area contributed by atoms with Gasteiger partial charge in [0, 0.05) is 10.9 Å². The quantitative estimate of drug-likeness (QED) is 0.770. The molecule has 0 saturated carbocycles. The number of aliphatic hydroxyl groups excluding tert-OH is 1. The van der Waals surface area contributed by atoms with Crippen molar-refractivity contribution in [2.45, 2.75) is 12.2 Å².